The van der Waals surface area contributed by atoms with Crippen LogP contribution in [0.2, 0.25) is 0 Å². The molecular weight excluding hydrogens is 269 g/mol. The fourth-order valence-corrected chi connectivity index (χ4v) is 2.86. The van der Waals surface area contributed by atoms with E-state index in [0.29, 0.717) is 18.1 Å². The maximum atomic E-state index is 13.3. The SMILES string of the molecule is CCOc1cc(F)ccc1NC1CCc2c(O)cccc21. The van der Waals surface area contributed by atoms with Gasteiger partial charge in [0.1, 0.15) is 17.3 Å². The number of fused-ring (bicyclic) bond motifs is 1. The van der Waals surface area contributed by atoms with Crippen LogP contribution in [0, 0.1) is 5.82 Å². The van der Waals surface area contributed by atoms with Crippen LogP contribution in [-0.2, 0) is 6.42 Å². The molecule has 2 aromatic rings. The van der Waals surface area contributed by atoms with Gasteiger partial charge in [-0.15, -0.1) is 0 Å². The van der Waals surface area contributed by atoms with Crippen LogP contribution < -0.4 is 10.1 Å². The van der Waals surface area contributed by atoms with E-state index in [9.17, 15) is 9.50 Å². The number of hydrogen-bond acceptors (Lipinski definition) is 3. The summed E-state index contributed by atoms with van der Waals surface area (Å²) in [5.41, 5.74) is 2.87. The Balaban J connectivity index is 1.88. The van der Waals surface area contributed by atoms with Gasteiger partial charge in [0.2, 0.25) is 0 Å². The molecule has 0 saturated heterocycles. The molecule has 0 amide bonds. The maximum absolute atomic E-state index is 13.3. The number of ether oxygens (including phenoxy) is 1. The third-order valence-corrected chi connectivity index (χ3v) is 3.82. The Hall–Kier alpha value is -2.23. The number of rotatable bonds is 4. The smallest absolute Gasteiger partial charge is 0.145 e. The molecule has 21 heavy (non-hydrogen) atoms. The van der Waals surface area contributed by atoms with Gasteiger partial charge in [-0.05, 0) is 49.1 Å². The predicted molar refractivity (Wildman–Crippen MR) is 80.4 cm³/mol. The van der Waals surface area contributed by atoms with Gasteiger partial charge >= 0.3 is 0 Å². The van der Waals surface area contributed by atoms with Gasteiger partial charge in [-0.25, -0.2) is 4.39 Å². The quantitative estimate of drug-likeness (QED) is 0.892. The van der Waals surface area contributed by atoms with Crippen LogP contribution >= 0.6 is 0 Å². The molecule has 1 unspecified atom stereocenters. The second kappa shape index (κ2) is 5.64. The lowest BCUT2D eigenvalue weighted by Gasteiger charge is -2.18. The highest BCUT2D eigenvalue weighted by atomic mass is 19.1. The number of nitrogens with one attached hydrogen (secondary N) is 1. The minimum Gasteiger partial charge on any atom is -0.508 e. The zero-order valence-electron chi connectivity index (χ0n) is 11.9. The van der Waals surface area contributed by atoms with Gasteiger partial charge in [-0.2, -0.15) is 0 Å². The van der Waals surface area contributed by atoms with E-state index in [1.165, 1.54) is 12.1 Å². The van der Waals surface area contributed by atoms with Crippen LogP contribution in [0.3, 0.4) is 0 Å². The Morgan fingerprint density at radius 1 is 1.33 bits per heavy atom. The second-order valence-electron chi connectivity index (χ2n) is 5.15. The van der Waals surface area contributed by atoms with Gasteiger partial charge in [0.15, 0.2) is 0 Å². The third kappa shape index (κ3) is 2.66. The van der Waals surface area contributed by atoms with Gasteiger partial charge in [0, 0.05) is 6.07 Å². The van der Waals surface area contributed by atoms with Crippen LogP contribution in [-0.4, -0.2) is 11.7 Å². The molecule has 0 aromatic heterocycles. The van der Waals surface area contributed by atoms with Crippen molar-refractivity contribution in [3.63, 3.8) is 0 Å². The van der Waals surface area contributed by atoms with Crippen molar-refractivity contribution in [3.05, 3.63) is 53.3 Å². The number of benzene rings is 2. The molecule has 0 spiro atoms. The van der Waals surface area contributed by atoms with Crippen molar-refractivity contribution >= 4 is 5.69 Å². The van der Waals surface area contributed by atoms with Gasteiger partial charge in [0.25, 0.3) is 0 Å². The van der Waals surface area contributed by atoms with Crippen molar-refractivity contribution in [2.24, 2.45) is 0 Å². The molecule has 0 bridgehead atoms. The van der Waals surface area contributed by atoms with E-state index in [0.717, 1.165) is 29.7 Å². The molecule has 110 valence electrons. The molecule has 3 rings (SSSR count). The van der Waals surface area contributed by atoms with E-state index in [1.54, 1.807) is 12.1 Å². The van der Waals surface area contributed by atoms with Crippen LogP contribution in [0.15, 0.2) is 36.4 Å². The van der Waals surface area contributed by atoms with Crippen molar-refractivity contribution in [2.45, 2.75) is 25.8 Å². The summed E-state index contributed by atoms with van der Waals surface area (Å²) < 4.78 is 18.8. The summed E-state index contributed by atoms with van der Waals surface area (Å²) in [4.78, 5) is 0. The normalized spacial score (nSPS) is 16.6. The van der Waals surface area contributed by atoms with Crippen molar-refractivity contribution < 1.29 is 14.2 Å². The largest absolute Gasteiger partial charge is 0.508 e. The summed E-state index contributed by atoms with van der Waals surface area (Å²) in [5, 5.41) is 13.3. The molecule has 1 aliphatic rings. The van der Waals surface area contributed by atoms with E-state index in [4.69, 9.17) is 4.74 Å². The van der Waals surface area contributed by atoms with E-state index in [-0.39, 0.29) is 11.9 Å². The lowest BCUT2D eigenvalue weighted by Crippen LogP contribution is -2.09. The van der Waals surface area contributed by atoms with Gasteiger partial charge in [-0.3, -0.25) is 0 Å². The molecule has 0 aliphatic heterocycles. The van der Waals surface area contributed by atoms with E-state index in [2.05, 4.69) is 5.32 Å². The standard InChI is InChI=1S/C17H18FNO2/c1-2-21-17-10-11(18)6-8-15(17)19-14-9-7-13-12(14)4-3-5-16(13)20/h3-6,8,10,14,19-20H,2,7,9H2,1H3. The van der Waals surface area contributed by atoms with Crippen LogP contribution in [0.5, 0.6) is 11.5 Å². The summed E-state index contributed by atoms with van der Waals surface area (Å²) in [6.45, 7) is 2.36. The maximum Gasteiger partial charge on any atom is 0.145 e. The fraction of sp³-hybridized carbons (Fsp3) is 0.294. The van der Waals surface area contributed by atoms with Crippen LogP contribution in [0.1, 0.15) is 30.5 Å². The number of phenolic OH excluding ortho intramolecular Hbond substituents is 1. The minimum atomic E-state index is -0.312. The minimum absolute atomic E-state index is 0.108. The molecule has 0 heterocycles. The number of phenols is 1. The molecule has 2 N–H and O–H groups in total. The highest BCUT2D eigenvalue weighted by molar-refractivity contribution is 5.59. The van der Waals surface area contributed by atoms with Crippen molar-refractivity contribution in [2.75, 3.05) is 11.9 Å². The Morgan fingerprint density at radius 2 is 2.19 bits per heavy atom. The van der Waals surface area contributed by atoms with Crippen molar-refractivity contribution in [1.82, 2.24) is 0 Å². The fourth-order valence-electron chi connectivity index (χ4n) is 2.86. The molecule has 1 atom stereocenters. The topological polar surface area (TPSA) is 41.5 Å². The zero-order valence-corrected chi connectivity index (χ0v) is 11.9. The lowest BCUT2D eigenvalue weighted by molar-refractivity contribution is 0.339. The highest BCUT2D eigenvalue weighted by Gasteiger charge is 2.25. The summed E-state index contributed by atoms with van der Waals surface area (Å²) in [5.74, 6) is 0.556. The molecule has 1 aliphatic carbocycles. The number of halogens is 1. The monoisotopic (exact) mass is 287 g/mol. The summed E-state index contributed by atoms with van der Waals surface area (Å²) in [6, 6.07) is 10.2. The van der Waals surface area contributed by atoms with Gasteiger partial charge in [0.05, 0.1) is 18.3 Å². The average Bonchev–Trinajstić information content (AvgIpc) is 2.87. The predicted octanol–water partition coefficient (Wildman–Crippen LogP) is 4.03. The first-order valence-electron chi connectivity index (χ1n) is 7.18. The molecule has 0 fully saturated rings. The lowest BCUT2D eigenvalue weighted by atomic mass is 10.1. The van der Waals surface area contributed by atoms with Crippen LogP contribution in [0.25, 0.3) is 0 Å². The molecule has 0 radical (unpaired) electrons. The number of aromatic hydroxyl groups is 1. The van der Waals surface area contributed by atoms with Gasteiger partial charge < -0.3 is 15.2 Å². The summed E-state index contributed by atoms with van der Waals surface area (Å²) >= 11 is 0. The molecule has 0 saturated carbocycles. The first kappa shape index (κ1) is 13.7. The third-order valence-electron chi connectivity index (χ3n) is 3.82. The first-order chi connectivity index (χ1) is 10.2. The average molecular weight is 287 g/mol. The second-order valence-corrected chi connectivity index (χ2v) is 5.15. The van der Waals surface area contributed by atoms with Crippen molar-refractivity contribution in [1.29, 1.82) is 0 Å². The molecule has 2 aromatic carbocycles. The molecule has 3 nitrogen and oxygen atoms in total. The Morgan fingerprint density at radius 3 is 3.00 bits per heavy atom. The van der Waals surface area contributed by atoms with Crippen molar-refractivity contribution in [3.8, 4) is 11.5 Å². The highest BCUT2D eigenvalue weighted by Crippen LogP contribution is 2.39. The van der Waals surface area contributed by atoms with Gasteiger partial charge in [-0.1, -0.05) is 12.1 Å². The zero-order chi connectivity index (χ0) is 14.8. The Bertz CT molecular complexity index is 657. The number of hydrogen-bond donors (Lipinski definition) is 2. The summed E-state index contributed by atoms with van der Waals surface area (Å²) in [6.07, 6.45) is 1.74. The Labute approximate surface area is 123 Å². The first-order valence-corrected chi connectivity index (χ1v) is 7.18. The summed E-state index contributed by atoms with van der Waals surface area (Å²) in [7, 11) is 0. The van der Waals surface area contributed by atoms with E-state index >= 15 is 0 Å². The van der Waals surface area contributed by atoms with Crippen LogP contribution in [0.4, 0.5) is 10.1 Å². The molecule has 4 heteroatoms. The van der Waals surface area contributed by atoms with E-state index in [1.807, 2.05) is 19.1 Å². The number of anilines is 1. The van der Waals surface area contributed by atoms with E-state index < -0.39 is 0 Å². The molecular formula is C17H18FNO2. The Kier molecular flexibility index (Phi) is 3.69.